The van der Waals surface area contributed by atoms with E-state index in [2.05, 4.69) is 31.2 Å². The summed E-state index contributed by atoms with van der Waals surface area (Å²) in [7, 11) is 0. The summed E-state index contributed by atoms with van der Waals surface area (Å²) in [6.07, 6.45) is 1.89. The average Bonchev–Trinajstić information content (AvgIpc) is 2.90. The Balaban J connectivity index is 2.01. The fraction of sp³-hybridized carbons (Fsp3) is 0.556. The predicted octanol–water partition coefficient (Wildman–Crippen LogP) is 3.20. The van der Waals surface area contributed by atoms with Crippen LogP contribution < -0.4 is 0 Å². The number of carboxylic acids is 1. The number of carbonyl (C=O) groups is 2. The van der Waals surface area contributed by atoms with Crippen molar-refractivity contribution in [1.29, 1.82) is 0 Å². The summed E-state index contributed by atoms with van der Waals surface area (Å²) in [5, 5.41) is 9.27. The van der Waals surface area contributed by atoms with Crippen LogP contribution in [0.15, 0.2) is 24.3 Å². The molecule has 2 rings (SSSR count). The Bertz CT molecular complexity index is 552. The van der Waals surface area contributed by atoms with Crippen molar-refractivity contribution in [3.8, 4) is 0 Å². The van der Waals surface area contributed by atoms with Gasteiger partial charge in [-0.3, -0.25) is 9.59 Å². The number of aryl methyl sites for hydroxylation is 1. The van der Waals surface area contributed by atoms with Gasteiger partial charge in [-0.2, -0.15) is 0 Å². The molecule has 0 aliphatic carbocycles. The fourth-order valence-corrected chi connectivity index (χ4v) is 3.02. The Hall–Kier alpha value is -1.84. The summed E-state index contributed by atoms with van der Waals surface area (Å²) in [6.45, 7) is 6.73. The maximum Gasteiger partial charge on any atom is 0.311 e. The van der Waals surface area contributed by atoms with E-state index in [0.29, 0.717) is 25.9 Å². The Labute approximate surface area is 132 Å². The lowest BCUT2D eigenvalue weighted by atomic mass is 9.90. The van der Waals surface area contributed by atoms with Crippen LogP contribution in [0.1, 0.15) is 50.2 Å². The van der Waals surface area contributed by atoms with Crippen molar-refractivity contribution in [3.05, 3.63) is 35.4 Å². The molecule has 1 saturated heterocycles. The Morgan fingerprint density at radius 3 is 2.45 bits per heavy atom. The maximum absolute atomic E-state index is 12.5. The van der Waals surface area contributed by atoms with E-state index in [9.17, 15) is 14.7 Å². The number of rotatable bonds is 5. The summed E-state index contributed by atoms with van der Waals surface area (Å²) in [5.41, 5.74) is 1.60. The van der Waals surface area contributed by atoms with Crippen LogP contribution in [0.4, 0.5) is 0 Å². The number of carboxylic acid groups (broad SMARTS) is 1. The van der Waals surface area contributed by atoms with E-state index in [4.69, 9.17) is 0 Å². The van der Waals surface area contributed by atoms with Gasteiger partial charge in [-0.15, -0.1) is 0 Å². The first-order valence-corrected chi connectivity index (χ1v) is 7.93. The second kappa shape index (κ2) is 6.51. The zero-order valence-corrected chi connectivity index (χ0v) is 13.6. The van der Waals surface area contributed by atoms with Crippen LogP contribution in [0.25, 0.3) is 0 Å². The minimum absolute atomic E-state index is 0.0670. The van der Waals surface area contributed by atoms with Crippen molar-refractivity contribution in [1.82, 2.24) is 4.90 Å². The van der Waals surface area contributed by atoms with Gasteiger partial charge in [-0.1, -0.05) is 36.8 Å². The zero-order chi connectivity index (χ0) is 16.3. The predicted molar refractivity (Wildman–Crippen MR) is 85.8 cm³/mol. The lowest BCUT2D eigenvalue weighted by Gasteiger charge is -2.23. The molecule has 4 heteroatoms. The fourth-order valence-electron chi connectivity index (χ4n) is 3.02. The topological polar surface area (TPSA) is 57.6 Å². The number of carbonyl (C=O) groups excluding carboxylic acids is 1. The lowest BCUT2D eigenvalue weighted by Crippen LogP contribution is -2.35. The molecule has 0 saturated carbocycles. The minimum Gasteiger partial charge on any atom is -0.481 e. The molecule has 1 aromatic rings. The molecule has 0 bridgehead atoms. The number of hydrogen-bond donors (Lipinski definition) is 1. The number of aliphatic carboxylic acids is 1. The van der Waals surface area contributed by atoms with Crippen molar-refractivity contribution >= 4 is 11.9 Å². The second-order valence-corrected chi connectivity index (χ2v) is 6.65. The first-order valence-electron chi connectivity index (χ1n) is 7.93. The SMILES string of the molecule is CCC(CC(=O)N1CCC(C)(C(=O)O)C1)c1ccc(C)cc1. The molecule has 22 heavy (non-hydrogen) atoms. The quantitative estimate of drug-likeness (QED) is 0.908. The van der Waals surface area contributed by atoms with Gasteiger partial charge in [0.15, 0.2) is 0 Å². The van der Waals surface area contributed by atoms with Crippen LogP contribution in [-0.4, -0.2) is 35.0 Å². The van der Waals surface area contributed by atoms with Crippen LogP contribution in [0.2, 0.25) is 0 Å². The molecule has 0 aromatic heterocycles. The molecule has 4 nitrogen and oxygen atoms in total. The number of amides is 1. The molecule has 0 spiro atoms. The molecule has 1 aliphatic rings. The smallest absolute Gasteiger partial charge is 0.311 e. The summed E-state index contributed by atoms with van der Waals surface area (Å²) in [6, 6.07) is 8.31. The van der Waals surface area contributed by atoms with Crippen molar-refractivity contribution < 1.29 is 14.7 Å². The van der Waals surface area contributed by atoms with Gasteiger partial charge in [0, 0.05) is 19.5 Å². The third kappa shape index (κ3) is 3.49. The number of hydrogen-bond acceptors (Lipinski definition) is 2. The van der Waals surface area contributed by atoms with Crippen LogP contribution in [0.3, 0.4) is 0 Å². The monoisotopic (exact) mass is 303 g/mol. The second-order valence-electron chi connectivity index (χ2n) is 6.65. The first-order chi connectivity index (χ1) is 10.4. The van der Waals surface area contributed by atoms with Crippen LogP contribution in [0.5, 0.6) is 0 Å². The van der Waals surface area contributed by atoms with Crippen LogP contribution in [0, 0.1) is 12.3 Å². The highest BCUT2D eigenvalue weighted by Crippen LogP contribution is 2.32. The van der Waals surface area contributed by atoms with Crippen molar-refractivity contribution in [2.45, 2.75) is 46.0 Å². The molecule has 2 unspecified atom stereocenters. The molecular weight excluding hydrogens is 278 g/mol. The van der Waals surface area contributed by atoms with E-state index in [1.54, 1.807) is 11.8 Å². The van der Waals surface area contributed by atoms with Gasteiger partial charge in [-0.25, -0.2) is 0 Å². The lowest BCUT2D eigenvalue weighted by molar-refractivity contribution is -0.147. The molecule has 1 heterocycles. The third-order valence-electron chi connectivity index (χ3n) is 4.80. The molecule has 1 amide bonds. The van der Waals surface area contributed by atoms with Gasteiger partial charge in [0.25, 0.3) is 0 Å². The number of benzene rings is 1. The Morgan fingerprint density at radius 2 is 1.95 bits per heavy atom. The Morgan fingerprint density at radius 1 is 1.32 bits per heavy atom. The molecule has 0 radical (unpaired) electrons. The van der Waals surface area contributed by atoms with Crippen molar-refractivity contribution in [3.63, 3.8) is 0 Å². The molecule has 1 aliphatic heterocycles. The maximum atomic E-state index is 12.5. The normalized spacial score (nSPS) is 22.6. The van der Waals surface area contributed by atoms with Crippen LogP contribution in [-0.2, 0) is 9.59 Å². The summed E-state index contributed by atoms with van der Waals surface area (Å²) < 4.78 is 0. The summed E-state index contributed by atoms with van der Waals surface area (Å²) in [4.78, 5) is 25.5. The first kappa shape index (κ1) is 16.5. The van der Waals surface area contributed by atoms with E-state index >= 15 is 0 Å². The highest BCUT2D eigenvalue weighted by Gasteiger charge is 2.42. The van der Waals surface area contributed by atoms with Crippen molar-refractivity contribution in [2.75, 3.05) is 13.1 Å². The van der Waals surface area contributed by atoms with E-state index in [0.717, 1.165) is 6.42 Å². The number of nitrogens with zero attached hydrogens (tertiary/aromatic N) is 1. The zero-order valence-electron chi connectivity index (χ0n) is 13.6. The highest BCUT2D eigenvalue weighted by atomic mass is 16.4. The molecule has 1 aromatic carbocycles. The Kier molecular flexibility index (Phi) is 4.89. The van der Waals surface area contributed by atoms with Gasteiger partial charge in [-0.05, 0) is 38.2 Å². The van der Waals surface area contributed by atoms with Crippen molar-refractivity contribution in [2.24, 2.45) is 5.41 Å². The summed E-state index contributed by atoms with van der Waals surface area (Å²) >= 11 is 0. The van der Waals surface area contributed by atoms with E-state index in [1.807, 2.05) is 6.92 Å². The van der Waals surface area contributed by atoms with E-state index in [-0.39, 0.29) is 11.8 Å². The van der Waals surface area contributed by atoms with Gasteiger partial charge in [0.2, 0.25) is 5.91 Å². The molecule has 2 atom stereocenters. The highest BCUT2D eigenvalue weighted by molar-refractivity contribution is 5.81. The molecular formula is C18H25NO3. The van der Waals surface area contributed by atoms with Crippen LogP contribution >= 0.6 is 0 Å². The third-order valence-corrected chi connectivity index (χ3v) is 4.80. The standard InChI is InChI=1S/C18H25NO3/c1-4-14(15-7-5-13(2)6-8-15)11-16(20)19-10-9-18(3,12-19)17(21)22/h5-8,14H,4,9-12H2,1-3H3,(H,21,22). The van der Waals surface area contributed by atoms with Gasteiger partial charge in [0.05, 0.1) is 5.41 Å². The molecule has 120 valence electrons. The minimum atomic E-state index is -0.812. The van der Waals surface area contributed by atoms with E-state index < -0.39 is 11.4 Å². The molecule has 1 fully saturated rings. The summed E-state index contributed by atoms with van der Waals surface area (Å²) in [5.74, 6) is -0.546. The van der Waals surface area contributed by atoms with Gasteiger partial charge >= 0.3 is 5.97 Å². The van der Waals surface area contributed by atoms with Gasteiger partial charge in [0.1, 0.15) is 0 Å². The van der Waals surface area contributed by atoms with E-state index in [1.165, 1.54) is 11.1 Å². The molecule has 1 N–H and O–H groups in total. The number of likely N-dealkylation sites (tertiary alicyclic amines) is 1. The largest absolute Gasteiger partial charge is 0.481 e. The average molecular weight is 303 g/mol. The van der Waals surface area contributed by atoms with Gasteiger partial charge < -0.3 is 10.0 Å².